The summed E-state index contributed by atoms with van der Waals surface area (Å²) < 4.78 is 24.4. The normalized spacial score (nSPS) is 11.3. The largest absolute Gasteiger partial charge is 0.342 e. The lowest BCUT2D eigenvalue weighted by Crippen LogP contribution is -2.31. The quantitative estimate of drug-likeness (QED) is 0.0418. The SMILES string of the molecule is CCCCCCCCCCCCCCCCCC(=O)NC(=O)c1cccc(C(=O)CCCCCCCCCCCCCCCCC)c1I(=O)=O. The zero-order valence-corrected chi connectivity index (χ0v) is 34.4. The molecule has 1 aromatic rings. The van der Waals surface area contributed by atoms with E-state index in [0.717, 1.165) is 32.1 Å². The predicted octanol–water partition coefficient (Wildman–Crippen LogP) is 14.0. The Morgan fingerprint density at radius 1 is 0.460 bits per heavy atom. The smallest absolute Gasteiger partial charge is 0.294 e. The molecule has 0 saturated carbocycles. The molecule has 0 radical (unpaired) electrons. The van der Waals surface area contributed by atoms with Gasteiger partial charge in [0.05, 0.1) is 9.13 Å². The lowest BCUT2D eigenvalue weighted by molar-refractivity contribution is -0.120. The molecule has 0 aliphatic carbocycles. The van der Waals surface area contributed by atoms with Crippen LogP contribution in [0.5, 0.6) is 0 Å². The summed E-state index contributed by atoms with van der Waals surface area (Å²) in [5.74, 6) is -1.38. The van der Waals surface area contributed by atoms with Crippen LogP contribution in [0.4, 0.5) is 0 Å². The first kappa shape index (κ1) is 46.4. The molecule has 0 bridgehead atoms. The topological polar surface area (TPSA) is 97.4 Å². The number of carbonyl (C=O) groups is 3. The van der Waals surface area contributed by atoms with Crippen molar-refractivity contribution in [3.63, 3.8) is 0 Å². The lowest BCUT2D eigenvalue weighted by atomic mass is 10.0. The van der Waals surface area contributed by atoms with Gasteiger partial charge in [-0.05, 0) is 18.9 Å². The Balaban J connectivity index is 2.23. The third-order valence-electron chi connectivity index (χ3n) is 9.97. The highest BCUT2D eigenvalue weighted by molar-refractivity contribution is 14.2. The molecule has 0 heterocycles. The van der Waals surface area contributed by atoms with E-state index in [1.165, 1.54) is 166 Å². The van der Waals surface area contributed by atoms with Crippen LogP contribution in [0, 0.1) is 3.57 Å². The number of unbranched alkanes of at least 4 members (excludes halogenated alkanes) is 28. The van der Waals surface area contributed by atoms with Gasteiger partial charge in [-0.2, -0.15) is 0 Å². The first-order valence-electron chi connectivity index (χ1n) is 21.0. The monoisotopic (exact) mass is 811 g/mol. The van der Waals surface area contributed by atoms with Crippen LogP contribution in [-0.2, 0) is 10.9 Å². The summed E-state index contributed by atoms with van der Waals surface area (Å²) in [6.45, 7) is 4.51. The zero-order valence-electron chi connectivity index (χ0n) is 32.3. The molecule has 0 atom stereocenters. The maximum absolute atomic E-state index is 13.0. The maximum Gasteiger partial charge on any atom is 0.342 e. The molecule has 1 rings (SSSR count). The molecule has 50 heavy (non-hydrogen) atoms. The number of rotatable bonds is 35. The third-order valence-corrected chi connectivity index (χ3v) is 12.0. The summed E-state index contributed by atoms with van der Waals surface area (Å²) in [7, 11) is 0. The number of nitrogens with one attached hydrogen (secondary N) is 1. The summed E-state index contributed by atoms with van der Waals surface area (Å²) in [6, 6.07) is 4.43. The summed E-state index contributed by atoms with van der Waals surface area (Å²) in [4.78, 5) is 38.4. The van der Waals surface area contributed by atoms with Gasteiger partial charge in [-0.25, -0.2) is 6.14 Å². The molecule has 6 nitrogen and oxygen atoms in total. The Morgan fingerprint density at radius 2 is 0.780 bits per heavy atom. The lowest BCUT2D eigenvalue weighted by Gasteiger charge is -2.09. The summed E-state index contributed by atoms with van der Waals surface area (Å²) >= 11 is -4.19. The van der Waals surface area contributed by atoms with E-state index in [4.69, 9.17) is 0 Å². The molecule has 0 fully saturated rings. The number of amides is 2. The van der Waals surface area contributed by atoms with E-state index in [0.29, 0.717) is 12.8 Å². The standard InChI is InChI=1S/C43H74INO5/c1-3-5-7-9-11-13-15-17-19-21-23-25-27-29-31-36-40(46)38-34-33-35-39(42(38)44(49)50)43(48)45-41(47)37-32-30-28-26-24-22-20-18-16-14-12-10-8-6-4-2/h33-35H,3-32,36-37H2,1-2H3,(H,45,47,48). The molecule has 1 aromatic carbocycles. The van der Waals surface area contributed by atoms with Crippen LogP contribution in [-0.4, -0.2) is 17.6 Å². The molecule has 7 heteroatoms. The highest BCUT2D eigenvalue weighted by Gasteiger charge is 2.23. The van der Waals surface area contributed by atoms with E-state index in [1.54, 1.807) is 0 Å². The number of hydrogen-bond acceptors (Lipinski definition) is 5. The van der Waals surface area contributed by atoms with Gasteiger partial charge in [0, 0.05) is 18.4 Å². The second-order valence-electron chi connectivity index (χ2n) is 14.6. The molecule has 0 aromatic heterocycles. The van der Waals surface area contributed by atoms with E-state index < -0.39 is 31.6 Å². The van der Waals surface area contributed by atoms with E-state index in [9.17, 15) is 20.5 Å². The van der Waals surface area contributed by atoms with Crippen LogP contribution in [0.1, 0.15) is 240 Å². The molecule has 0 unspecified atom stereocenters. The fraction of sp³-hybridized carbons (Fsp3) is 0.791. The van der Waals surface area contributed by atoms with Crippen molar-refractivity contribution in [2.45, 2.75) is 219 Å². The van der Waals surface area contributed by atoms with Crippen LogP contribution in [0.3, 0.4) is 0 Å². The van der Waals surface area contributed by atoms with E-state index >= 15 is 0 Å². The van der Waals surface area contributed by atoms with Crippen LogP contribution in [0.15, 0.2) is 18.2 Å². The molecule has 0 saturated heterocycles. The highest BCUT2D eigenvalue weighted by Crippen LogP contribution is 2.28. The zero-order chi connectivity index (χ0) is 36.5. The number of carbonyl (C=O) groups excluding carboxylic acids is 3. The number of benzene rings is 1. The highest BCUT2D eigenvalue weighted by atomic mass is 127. The minimum Gasteiger partial charge on any atom is -0.294 e. The van der Waals surface area contributed by atoms with Crippen LogP contribution in [0.25, 0.3) is 0 Å². The minimum absolute atomic E-state index is 0.0904. The van der Waals surface area contributed by atoms with Crippen molar-refractivity contribution in [3.8, 4) is 0 Å². The van der Waals surface area contributed by atoms with E-state index in [1.807, 2.05) is 0 Å². The Kier molecular flexibility index (Phi) is 30.8. The fourth-order valence-corrected chi connectivity index (χ4v) is 8.65. The Labute approximate surface area is 314 Å². The Morgan fingerprint density at radius 3 is 1.14 bits per heavy atom. The van der Waals surface area contributed by atoms with Crippen LogP contribution < -0.4 is 5.32 Å². The van der Waals surface area contributed by atoms with Gasteiger partial charge in [0.2, 0.25) is 5.91 Å². The van der Waals surface area contributed by atoms with Gasteiger partial charge in [0.1, 0.15) is 0 Å². The van der Waals surface area contributed by atoms with Gasteiger partial charge in [0.15, 0.2) is 5.78 Å². The summed E-state index contributed by atoms with van der Waals surface area (Å²) in [5, 5.41) is 2.37. The molecule has 288 valence electrons. The van der Waals surface area contributed by atoms with Crippen molar-refractivity contribution in [2.75, 3.05) is 0 Å². The van der Waals surface area contributed by atoms with Crippen molar-refractivity contribution in [2.24, 2.45) is 0 Å². The molecule has 0 aliphatic rings. The minimum atomic E-state index is -4.19. The number of ketones is 1. The van der Waals surface area contributed by atoms with Gasteiger partial charge < -0.3 is 0 Å². The second kappa shape index (κ2) is 33.2. The molecule has 1 N–H and O–H groups in total. The number of imide groups is 1. The Hall–Kier alpha value is -1.64. The van der Waals surface area contributed by atoms with Crippen LogP contribution in [0.2, 0.25) is 0 Å². The van der Waals surface area contributed by atoms with Gasteiger partial charge in [-0.1, -0.05) is 206 Å². The number of hydrogen-bond donors (Lipinski definition) is 1. The molecule has 2 amide bonds. The van der Waals surface area contributed by atoms with Crippen molar-refractivity contribution in [1.82, 2.24) is 5.32 Å². The van der Waals surface area contributed by atoms with Gasteiger partial charge >= 0.3 is 19.8 Å². The van der Waals surface area contributed by atoms with E-state index in [2.05, 4.69) is 19.2 Å². The average molecular weight is 812 g/mol. The summed E-state index contributed by atoms with van der Waals surface area (Å²) in [5.41, 5.74) is 0.000424. The number of halogens is 1. The third kappa shape index (κ3) is 24.5. The van der Waals surface area contributed by atoms with Crippen molar-refractivity contribution in [3.05, 3.63) is 32.9 Å². The maximum atomic E-state index is 13.0. The summed E-state index contributed by atoms with van der Waals surface area (Å²) in [6.07, 6.45) is 37.6. The van der Waals surface area contributed by atoms with Crippen molar-refractivity contribution in [1.29, 1.82) is 0 Å². The molecule has 0 spiro atoms. The Bertz CT molecular complexity index is 1090. The van der Waals surface area contributed by atoms with Gasteiger partial charge in [0.25, 0.3) is 5.91 Å². The van der Waals surface area contributed by atoms with Gasteiger partial charge in [-0.15, -0.1) is 0 Å². The molecular formula is C43H74INO5. The average Bonchev–Trinajstić information content (AvgIpc) is 3.11. The van der Waals surface area contributed by atoms with Gasteiger partial charge in [-0.3, -0.25) is 19.7 Å². The van der Waals surface area contributed by atoms with Crippen molar-refractivity contribution < 1.29 is 20.5 Å². The first-order valence-corrected chi connectivity index (χ1v) is 23.8. The number of Topliss-reactive ketones (excluding diaryl/α,β-unsaturated/α-hetero) is 1. The fourth-order valence-electron chi connectivity index (χ4n) is 6.79. The van der Waals surface area contributed by atoms with E-state index in [-0.39, 0.29) is 33.3 Å². The predicted molar refractivity (Wildman–Crippen MR) is 216 cm³/mol. The van der Waals surface area contributed by atoms with Crippen LogP contribution >= 0.6 is 19.8 Å². The molecular weight excluding hydrogens is 737 g/mol. The second-order valence-corrected chi connectivity index (χ2v) is 16.9. The first-order chi connectivity index (χ1) is 24.4. The van der Waals surface area contributed by atoms with Crippen molar-refractivity contribution >= 4 is 37.4 Å². The molecule has 0 aliphatic heterocycles.